The van der Waals surface area contributed by atoms with E-state index in [0.29, 0.717) is 5.06 Å². The van der Waals surface area contributed by atoms with Crippen molar-refractivity contribution in [3.05, 3.63) is 64.9 Å². The molecule has 2 aromatic rings. The van der Waals surface area contributed by atoms with Gasteiger partial charge >= 0.3 is 0 Å². The summed E-state index contributed by atoms with van der Waals surface area (Å²) < 4.78 is 12.7. The molecule has 0 aliphatic heterocycles. The number of anilines is 1. The van der Waals surface area contributed by atoms with Gasteiger partial charge in [-0.2, -0.15) is 5.06 Å². The second kappa shape index (κ2) is 5.16. The van der Waals surface area contributed by atoms with E-state index in [1.165, 1.54) is 18.2 Å². The van der Waals surface area contributed by atoms with Gasteiger partial charge in [-0.3, -0.25) is 10.0 Å². The summed E-state index contributed by atoms with van der Waals surface area (Å²) >= 11 is 5.86. The molecule has 18 heavy (non-hydrogen) atoms. The number of benzene rings is 2. The summed E-state index contributed by atoms with van der Waals surface area (Å²) in [5, 5.41) is 10.5. The lowest BCUT2D eigenvalue weighted by atomic mass is 10.2. The normalized spacial score (nSPS) is 10.2. The van der Waals surface area contributed by atoms with Gasteiger partial charge in [0.2, 0.25) is 0 Å². The van der Waals surface area contributed by atoms with Gasteiger partial charge in [-0.15, -0.1) is 0 Å². The summed E-state index contributed by atoms with van der Waals surface area (Å²) in [6.07, 6.45) is 0. The van der Waals surface area contributed by atoms with Gasteiger partial charge < -0.3 is 0 Å². The summed E-state index contributed by atoms with van der Waals surface area (Å²) in [5.41, 5.74) is 0.340. The number of amides is 1. The summed E-state index contributed by atoms with van der Waals surface area (Å²) in [5.74, 6) is -1.13. The Kier molecular flexibility index (Phi) is 3.60. The topological polar surface area (TPSA) is 40.5 Å². The van der Waals surface area contributed by atoms with E-state index in [1.54, 1.807) is 18.2 Å². The lowest BCUT2D eigenvalue weighted by molar-refractivity contribution is 0.0855. The second-order valence-electron chi connectivity index (χ2n) is 3.58. The fourth-order valence-corrected chi connectivity index (χ4v) is 1.66. The highest BCUT2D eigenvalue weighted by molar-refractivity contribution is 6.33. The maximum atomic E-state index is 12.7. The molecule has 0 saturated heterocycles. The molecule has 3 nitrogen and oxygen atoms in total. The molecule has 0 heterocycles. The van der Waals surface area contributed by atoms with Crippen LogP contribution >= 0.6 is 11.6 Å². The van der Waals surface area contributed by atoms with Crippen molar-refractivity contribution in [3.63, 3.8) is 0 Å². The van der Waals surface area contributed by atoms with Gasteiger partial charge in [-0.05, 0) is 36.4 Å². The molecule has 0 spiro atoms. The van der Waals surface area contributed by atoms with Gasteiger partial charge in [0.15, 0.2) is 0 Å². The molecule has 0 fully saturated rings. The molecule has 0 bridgehead atoms. The highest BCUT2D eigenvalue weighted by Gasteiger charge is 2.17. The van der Waals surface area contributed by atoms with Gasteiger partial charge in [0, 0.05) is 5.56 Å². The minimum Gasteiger partial charge on any atom is -0.281 e. The molecule has 0 saturated carbocycles. The molecule has 0 aromatic heterocycles. The zero-order valence-electron chi connectivity index (χ0n) is 9.18. The minimum atomic E-state index is -0.678. The summed E-state index contributed by atoms with van der Waals surface area (Å²) in [4.78, 5) is 11.9. The number of hydrogen-bond acceptors (Lipinski definition) is 2. The quantitative estimate of drug-likeness (QED) is 0.667. The van der Waals surface area contributed by atoms with Crippen LogP contribution in [0.3, 0.4) is 0 Å². The van der Waals surface area contributed by atoms with E-state index in [4.69, 9.17) is 11.6 Å². The third kappa shape index (κ3) is 2.50. The van der Waals surface area contributed by atoms with E-state index in [-0.39, 0.29) is 16.3 Å². The van der Waals surface area contributed by atoms with Gasteiger partial charge in [0.05, 0.1) is 10.7 Å². The van der Waals surface area contributed by atoms with E-state index in [9.17, 15) is 14.4 Å². The third-order valence-electron chi connectivity index (χ3n) is 2.36. The Morgan fingerprint density at radius 1 is 1.11 bits per heavy atom. The van der Waals surface area contributed by atoms with Crippen molar-refractivity contribution in [2.75, 3.05) is 5.06 Å². The smallest absolute Gasteiger partial charge is 0.281 e. The molecule has 92 valence electrons. The molecule has 2 aromatic carbocycles. The molecule has 1 amide bonds. The van der Waals surface area contributed by atoms with Crippen molar-refractivity contribution in [1.29, 1.82) is 0 Å². The van der Waals surface area contributed by atoms with Gasteiger partial charge in [0.1, 0.15) is 5.82 Å². The van der Waals surface area contributed by atoms with Crippen LogP contribution in [0.5, 0.6) is 0 Å². The maximum Gasteiger partial charge on any atom is 0.282 e. The maximum absolute atomic E-state index is 12.7. The molecule has 0 atom stereocenters. The zero-order chi connectivity index (χ0) is 13.1. The summed E-state index contributed by atoms with van der Waals surface area (Å²) in [6.45, 7) is 0. The molecule has 0 unspecified atom stereocenters. The molecule has 0 aliphatic carbocycles. The predicted octanol–water partition coefficient (Wildman–Crippen LogP) is 3.52. The molecule has 2 rings (SSSR count). The Balaban J connectivity index is 2.29. The lowest BCUT2D eigenvalue weighted by Gasteiger charge is -2.16. The van der Waals surface area contributed by atoms with Crippen molar-refractivity contribution < 1.29 is 14.4 Å². The van der Waals surface area contributed by atoms with Crippen LogP contribution in [0.1, 0.15) is 10.4 Å². The molecule has 0 radical (unpaired) electrons. The highest BCUT2D eigenvalue weighted by atomic mass is 35.5. The van der Waals surface area contributed by atoms with E-state index in [1.807, 2.05) is 0 Å². The van der Waals surface area contributed by atoms with Crippen LogP contribution in [0.4, 0.5) is 10.1 Å². The summed E-state index contributed by atoms with van der Waals surface area (Å²) in [6, 6.07) is 11.3. The van der Waals surface area contributed by atoms with Crippen molar-refractivity contribution in [2.24, 2.45) is 0 Å². The number of hydroxylamine groups is 1. The first-order chi connectivity index (χ1) is 8.59. The van der Waals surface area contributed by atoms with Crippen LogP contribution in [0, 0.1) is 5.82 Å². The third-order valence-corrected chi connectivity index (χ3v) is 2.68. The summed E-state index contributed by atoms with van der Waals surface area (Å²) in [7, 11) is 0. The standard InChI is InChI=1S/C13H9ClFNO2/c14-11-3-1-2-4-12(11)16(18)13(17)9-5-7-10(15)8-6-9/h1-8,18H. The van der Waals surface area contributed by atoms with Crippen LogP contribution < -0.4 is 5.06 Å². The number of hydrogen-bond donors (Lipinski definition) is 1. The first-order valence-electron chi connectivity index (χ1n) is 5.13. The van der Waals surface area contributed by atoms with E-state index in [0.717, 1.165) is 12.1 Å². The fraction of sp³-hybridized carbons (Fsp3) is 0. The second-order valence-corrected chi connectivity index (χ2v) is 3.98. The molecule has 0 aliphatic rings. The number of para-hydroxylation sites is 1. The van der Waals surface area contributed by atoms with Gasteiger partial charge in [-0.1, -0.05) is 23.7 Å². The van der Waals surface area contributed by atoms with E-state index < -0.39 is 11.7 Å². The number of halogens is 2. The Labute approximate surface area is 108 Å². The van der Waals surface area contributed by atoms with Crippen molar-refractivity contribution in [3.8, 4) is 0 Å². The fourth-order valence-electron chi connectivity index (χ4n) is 1.45. The molecular weight excluding hydrogens is 257 g/mol. The average molecular weight is 266 g/mol. The largest absolute Gasteiger partial charge is 0.282 e. The van der Waals surface area contributed by atoms with Crippen LogP contribution in [-0.4, -0.2) is 11.1 Å². The van der Waals surface area contributed by atoms with Crippen LogP contribution in [-0.2, 0) is 0 Å². The van der Waals surface area contributed by atoms with E-state index in [2.05, 4.69) is 0 Å². The Morgan fingerprint density at radius 2 is 1.72 bits per heavy atom. The zero-order valence-corrected chi connectivity index (χ0v) is 9.93. The number of nitrogens with zero attached hydrogens (tertiary/aromatic N) is 1. The van der Waals surface area contributed by atoms with Gasteiger partial charge in [-0.25, -0.2) is 4.39 Å². The predicted molar refractivity (Wildman–Crippen MR) is 66.4 cm³/mol. The Hall–Kier alpha value is -1.91. The Bertz CT molecular complexity index is 571. The average Bonchev–Trinajstić information content (AvgIpc) is 2.38. The first kappa shape index (κ1) is 12.5. The van der Waals surface area contributed by atoms with Crippen LogP contribution in [0.2, 0.25) is 5.02 Å². The SMILES string of the molecule is O=C(c1ccc(F)cc1)N(O)c1ccccc1Cl. The van der Waals surface area contributed by atoms with Crippen molar-refractivity contribution >= 4 is 23.2 Å². The lowest BCUT2D eigenvalue weighted by Crippen LogP contribution is -2.27. The highest BCUT2D eigenvalue weighted by Crippen LogP contribution is 2.25. The molecule has 5 heteroatoms. The van der Waals surface area contributed by atoms with Crippen molar-refractivity contribution in [1.82, 2.24) is 0 Å². The number of rotatable bonds is 2. The Morgan fingerprint density at radius 3 is 2.33 bits per heavy atom. The minimum absolute atomic E-state index is 0.166. The monoisotopic (exact) mass is 265 g/mol. The molecule has 1 N–H and O–H groups in total. The molecular formula is C13H9ClFNO2. The first-order valence-corrected chi connectivity index (χ1v) is 5.51. The van der Waals surface area contributed by atoms with Crippen LogP contribution in [0.25, 0.3) is 0 Å². The van der Waals surface area contributed by atoms with Crippen molar-refractivity contribution in [2.45, 2.75) is 0 Å². The number of carbonyl (C=O) groups excluding carboxylic acids is 1. The van der Waals surface area contributed by atoms with Gasteiger partial charge in [0.25, 0.3) is 5.91 Å². The van der Waals surface area contributed by atoms with Crippen LogP contribution in [0.15, 0.2) is 48.5 Å². The van der Waals surface area contributed by atoms with E-state index >= 15 is 0 Å². The number of carbonyl (C=O) groups is 1.